The van der Waals surface area contributed by atoms with Crippen LogP contribution in [0.4, 0.5) is 0 Å². The number of rotatable bonds is 3. The van der Waals surface area contributed by atoms with E-state index in [0.717, 1.165) is 33.9 Å². The first kappa shape index (κ1) is 17.6. The quantitative estimate of drug-likeness (QED) is 0.459. The van der Waals surface area contributed by atoms with Crippen molar-refractivity contribution in [2.75, 3.05) is 32.1 Å². The molecule has 4 aromatic heterocycles. The van der Waals surface area contributed by atoms with Gasteiger partial charge in [-0.15, -0.1) is 21.5 Å². The average Bonchev–Trinajstić information content (AvgIpc) is 3.48. The van der Waals surface area contributed by atoms with Gasteiger partial charge < -0.3 is 9.64 Å². The minimum Gasteiger partial charge on any atom is -0.378 e. The molecule has 0 aromatic carbocycles. The maximum atomic E-state index is 12.6. The minimum absolute atomic E-state index is 0.110. The van der Waals surface area contributed by atoms with E-state index in [2.05, 4.69) is 24.7 Å². The van der Waals surface area contributed by atoms with Crippen molar-refractivity contribution < 1.29 is 9.53 Å². The van der Waals surface area contributed by atoms with Crippen molar-refractivity contribution in [2.45, 2.75) is 30.8 Å². The highest BCUT2D eigenvalue weighted by Gasteiger charge is 2.25. The number of fused-ring (bicyclic) bond motifs is 8. The summed E-state index contributed by atoms with van der Waals surface area (Å²) < 4.78 is 9.16. The van der Waals surface area contributed by atoms with E-state index in [1.165, 1.54) is 35.0 Å². The minimum atomic E-state index is 0.110. The van der Waals surface area contributed by atoms with Crippen molar-refractivity contribution in [3.05, 3.63) is 16.8 Å². The lowest BCUT2D eigenvalue weighted by molar-refractivity contribution is -0.132. The molecule has 4 aromatic rings. The van der Waals surface area contributed by atoms with Crippen molar-refractivity contribution in [1.82, 2.24) is 34.1 Å². The smallest absolute Gasteiger partial charge is 0.260 e. The molecule has 1 amide bonds. The van der Waals surface area contributed by atoms with Crippen LogP contribution in [-0.4, -0.2) is 72.1 Å². The zero-order chi connectivity index (χ0) is 19.4. The van der Waals surface area contributed by atoms with Crippen molar-refractivity contribution >= 4 is 50.6 Å². The Hall–Kier alpha value is -2.24. The fourth-order valence-corrected chi connectivity index (χ4v) is 6.48. The molecule has 0 unspecified atom stereocenters. The number of carbonyl (C=O) groups excluding carboxylic acids is 1. The molecule has 0 N–H and O–H groups in total. The number of thiophene rings is 1. The summed E-state index contributed by atoms with van der Waals surface area (Å²) in [6.07, 6.45) is 6.18. The van der Waals surface area contributed by atoms with E-state index in [1.54, 1.807) is 22.2 Å². The Morgan fingerprint density at radius 1 is 1.21 bits per heavy atom. The molecule has 2 aliphatic rings. The molecule has 1 aliphatic heterocycles. The fourth-order valence-electron chi connectivity index (χ4n) is 4.20. The lowest BCUT2D eigenvalue weighted by Crippen LogP contribution is -2.41. The van der Waals surface area contributed by atoms with Gasteiger partial charge in [0.2, 0.25) is 5.91 Å². The molecule has 0 saturated carbocycles. The van der Waals surface area contributed by atoms with Crippen molar-refractivity contribution in [2.24, 2.45) is 0 Å². The lowest BCUT2D eigenvalue weighted by Gasteiger charge is -2.26. The van der Waals surface area contributed by atoms with Crippen molar-refractivity contribution in [1.29, 1.82) is 0 Å². The lowest BCUT2D eigenvalue weighted by atomic mass is 9.97. The first-order valence-corrected chi connectivity index (χ1v) is 11.6. The van der Waals surface area contributed by atoms with Gasteiger partial charge in [0.15, 0.2) is 10.8 Å². The van der Waals surface area contributed by atoms with Gasteiger partial charge in [0.1, 0.15) is 11.2 Å². The molecular formula is C18H19N7O2S2. The molecule has 0 radical (unpaired) electrons. The maximum Gasteiger partial charge on any atom is 0.260 e. The predicted molar refractivity (Wildman–Crippen MR) is 110 cm³/mol. The van der Waals surface area contributed by atoms with E-state index >= 15 is 0 Å². The molecule has 1 saturated heterocycles. The van der Waals surface area contributed by atoms with E-state index in [1.807, 2.05) is 4.90 Å². The summed E-state index contributed by atoms with van der Waals surface area (Å²) in [4.78, 5) is 21.5. The summed E-state index contributed by atoms with van der Waals surface area (Å²) in [5, 5.41) is 15.1. The predicted octanol–water partition coefficient (Wildman–Crippen LogP) is 1.82. The Balaban J connectivity index is 1.45. The number of hydrogen-bond acceptors (Lipinski definition) is 8. The number of ether oxygens (including phenoxy) is 1. The van der Waals surface area contributed by atoms with Gasteiger partial charge in [0.25, 0.3) is 5.78 Å². The van der Waals surface area contributed by atoms with E-state index in [4.69, 9.17) is 4.74 Å². The zero-order valence-corrected chi connectivity index (χ0v) is 17.3. The third-order valence-electron chi connectivity index (χ3n) is 5.62. The second-order valence-electron chi connectivity index (χ2n) is 7.29. The fraction of sp³-hybridized carbons (Fsp3) is 0.500. The van der Waals surface area contributed by atoms with Gasteiger partial charge in [-0.1, -0.05) is 11.8 Å². The first-order chi connectivity index (χ1) is 14.3. The van der Waals surface area contributed by atoms with Crippen LogP contribution in [0.15, 0.2) is 11.5 Å². The molecule has 11 heteroatoms. The molecule has 0 spiro atoms. The second-order valence-corrected chi connectivity index (χ2v) is 9.31. The largest absolute Gasteiger partial charge is 0.378 e. The SMILES string of the molecule is O=C(CSc1nnc2n3ncnc3c3c4c(sc3n12)CCCC4)N1CCOCC1. The number of amides is 1. The van der Waals surface area contributed by atoms with Crippen LogP contribution in [0.25, 0.3) is 21.6 Å². The molecule has 150 valence electrons. The summed E-state index contributed by atoms with van der Waals surface area (Å²) in [7, 11) is 0. The van der Waals surface area contributed by atoms with Gasteiger partial charge in [-0.05, 0) is 31.2 Å². The van der Waals surface area contributed by atoms with Crippen LogP contribution in [0.2, 0.25) is 0 Å². The van der Waals surface area contributed by atoms with Crippen LogP contribution in [0.1, 0.15) is 23.3 Å². The normalized spacial score (nSPS) is 17.4. The zero-order valence-electron chi connectivity index (χ0n) is 15.7. The molecule has 1 aliphatic carbocycles. The summed E-state index contributed by atoms with van der Waals surface area (Å²) in [6.45, 7) is 2.52. The van der Waals surface area contributed by atoms with Gasteiger partial charge in [0.05, 0.1) is 24.4 Å². The van der Waals surface area contributed by atoms with Crippen LogP contribution < -0.4 is 0 Å². The Kier molecular flexibility index (Phi) is 4.20. The number of morpholine rings is 1. The van der Waals surface area contributed by atoms with Gasteiger partial charge >= 0.3 is 0 Å². The first-order valence-electron chi connectivity index (χ1n) is 9.80. The molecule has 29 heavy (non-hydrogen) atoms. The van der Waals surface area contributed by atoms with Gasteiger partial charge in [0, 0.05) is 18.0 Å². The Morgan fingerprint density at radius 3 is 2.97 bits per heavy atom. The number of thioether (sulfide) groups is 1. The van der Waals surface area contributed by atoms with Crippen molar-refractivity contribution in [3.8, 4) is 0 Å². The van der Waals surface area contributed by atoms with E-state index in [0.29, 0.717) is 37.8 Å². The van der Waals surface area contributed by atoms with Crippen LogP contribution in [-0.2, 0) is 22.4 Å². The molecule has 5 heterocycles. The monoisotopic (exact) mass is 429 g/mol. The number of hydrogen-bond donors (Lipinski definition) is 0. The third-order valence-corrected chi connectivity index (χ3v) is 7.81. The van der Waals surface area contributed by atoms with Gasteiger partial charge in [-0.3, -0.25) is 4.79 Å². The highest BCUT2D eigenvalue weighted by molar-refractivity contribution is 7.99. The molecule has 9 nitrogen and oxygen atoms in total. The summed E-state index contributed by atoms with van der Waals surface area (Å²) in [6, 6.07) is 0. The van der Waals surface area contributed by atoms with Gasteiger partial charge in [-0.25, -0.2) is 9.38 Å². The number of aromatic nitrogens is 6. The van der Waals surface area contributed by atoms with Crippen molar-refractivity contribution in [3.63, 3.8) is 0 Å². The Bertz CT molecular complexity index is 1240. The van der Waals surface area contributed by atoms with E-state index < -0.39 is 0 Å². The number of aryl methyl sites for hydroxylation is 2. The summed E-state index contributed by atoms with van der Waals surface area (Å²) in [5.41, 5.74) is 2.24. The van der Waals surface area contributed by atoms with Crippen LogP contribution in [0, 0.1) is 0 Å². The summed E-state index contributed by atoms with van der Waals surface area (Å²) >= 11 is 3.24. The Morgan fingerprint density at radius 2 is 2.07 bits per heavy atom. The van der Waals surface area contributed by atoms with E-state index in [9.17, 15) is 4.79 Å². The topological polar surface area (TPSA) is 89.9 Å². The average molecular weight is 430 g/mol. The summed E-state index contributed by atoms with van der Waals surface area (Å²) in [5.74, 6) is 1.09. The molecule has 1 fully saturated rings. The highest BCUT2D eigenvalue weighted by Crippen LogP contribution is 2.39. The maximum absolute atomic E-state index is 12.6. The molecule has 0 bridgehead atoms. The molecular weight excluding hydrogens is 410 g/mol. The Labute approximate surface area is 174 Å². The number of nitrogens with zero attached hydrogens (tertiary/aromatic N) is 7. The van der Waals surface area contributed by atoms with Gasteiger partial charge in [-0.2, -0.15) is 9.61 Å². The van der Waals surface area contributed by atoms with E-state index in [-0.39, 0.29) is 5.91 Å². The molecule has 6 rings (SSSR count). The third kappa shape index (κ3) is 2.75. The number of carbonyl (C=O) groups is 1. The van der Waals surface area contributed by atoms with Crippen LogP contribution in [0.3, 0.4) is 0 Å². The molecule has 0 atom stereocenters. The second kappa shape index (κ2) is 6.92. The standard InChI is InChI=1S/C18H19N7O2S2/c26-13(23-5-7-27-8-6-23)9-28-18-22-21-17-24(18)16-14(15-19-10-20-25(15)17)11-3-1-2-4-12(11)29-16/h10H,1-9H2. The van der Waals surface area contributed by atoms with Crippen LogP contribution >= 0.6 is 23.1 Å². The highest BCUT2D eigenvalue weighted by atomic mass is 32.2. The van der Waals surface area contributed by atoms with Crippen LogP contribution in [0.5, 0.6) is 0 Å².